The van der Waals surface area contributed by atoms with Gasteiger partial charge in [0.15, 0.2) is 16.4 Å². The van der Waals surface area contributed by atoms with E-state index in [1.807, 2.05) is 0 Å². The van der Waals surface area contributed by atoms with Crippen molar-refractivity contribution in [1.29, 1.82) is 0 Å². The number of amides is 1. The van der Waals surface area contributed by atoms with Crippen LogP contribution in [0.3, 0.4) is 0 Å². The maximum absolute atomic E-state index is 14.3. The molecule has 0 N–H and O–H groups in total. The summed E-state index contributed by atoms with van der Waals surface area (Å²) >= 11 is 0. The van der Waals surface area contributed by atoms with Crippen LogP contribution in [0.4, 0.5) is 36.4 Å². The Kier molecular flexibility index (Phi) is 7.25. The van der Waals surface area contributed by atoms with E-state index in [1.165, 1.54) is 9.80 Å². The van der Waals surface area contributed by atoms with E-state index in [4.69, 9.17) is 4.74 Å². The molecule has 0 spiro atoms. The minimum atomic E-state index is -4.71. The highest BCUT2D eigenvalue weighted by molar-refractivity contribution is 7.90. The maximum Gasteiger partial charge on any atom is 0.422 e. The summed E-state index contributed by atoms with van der Waals surface area (Å²) in [6.07, 6.45) is -8.55. The molecular formula is C21H19F7N2O4S. The maximum atomic E-state index is 14.3. The van der Waals surface area contributed by atoms with Crippen LogP contribution in [0.25, 0.3) is 0 Å². The molecule has 0 radical (unpaired) electrons. The highest BCUT2D eigenvalue weighted by atomic mass is 32.2. The lowest BCUT2D eigenvalue weighted by Gasteiger charge is -2.36. The molecule has 2 aromatic carbocycles. The van der Waals surface area contributed by atoms with Gasteiger partial charge in [0.05, 0.1) is 21.7 Å². The first kappa shape index (κ1) is 26.6. The van der Waals surface area contributed by atoms with Gasteiger partial charge in [-0.3, -0.25) is 4.79 Å². The second kappa shape index (κ2) is 9.55. The van der Waals surface area contributed by atoms with Crippen LogP contribution in [0.2, 0.25) is 0 Å². The zero-order chi connectivity index (χ0) is 26.2. The Labute approximate surface area is 195 Å². The smallest absolute Gasteiger partial charge is 0.422 e. The third-order valence-electron chi connectivity index (χ3n) is 5.18. The highest BCUT2D eigenvalue weighted by Crippen LogP contribution is 2.33. The minimum absolute atomic E-state index is 0.0124. The predicted molar refractivity (Wildman–Crippen MR) is 111 cm³/mol. The quantitative estimate of drug-likeness (QED) is 0.546. The fourth-order valence-corrected chi connectivity index (χ4v) is 4.10. The average Bonchev–Trinajstić information content (AvgIpc) is 2.75. The molecule has 192 valence electrons. The van der Waals surface area contributed by atoms with Gasteiger partial charge in [0.2, 0.25) is 0 Å². The van der Waals surface area contributed by atoms with Crippen LogP contribution in [0.1, 0.15) is 15.9 Å². The number of rotatable bonds is 5. The number of hydrogen-bond acceptors (Lipinski definition) is 5. The van der Waals surface area contributed by atoms with Crippen LogP contribution in [-0.2, 0) is 16.0 Å². The predicted octanol–water partition coefficient (Wildman–Crippen LogP) is 4.15. The van der Waals surface area contributed by atoms with Crippen molar-refractivity contribution in [3.63, 3.8) is 0 Å². The SMILES string of the molecule is CS(=O)(=O)c1ccc(OCC(F)(F)F)c(C(=O)N2CCN(c3ccc(C(F)(F)F)cc3F)CC2)c1. The van der Waals surface area contributed by atoms with Crippen molar-refractivity contribution in [2.24, 2.45) is 0 Å². The van der Waals surface area contributed by atoms with Crippen molar-refractivity contribution >= 4 is 21.4 Å². The Morgan fingerprint density at radius 3 is 2.11 bits per heavy atom. The molecule has 0 aliphatic carbocycles. The number of ether oxygens (including phenoxy) is 1. The molecule has 1 fully saturated rings. The molecule has 1 aliphatic heterocycles. The third-order valence-corrected chi connectivity index (χ3v) is 6.29. The molecule has 1 heterocycles. The van der Waals surface area contributed by atoms with Gasteiger partial charge in [-0.15, -0.1) is 0 Å². The van der Waals surface area contributed by atoms with Crippen LogP contribution >= 0.6 is 0 Å². The molecule has 2 aromatic rings. The van der Waals surface area contributed by atoms with Crippen LogP contribution in [-0.4, -0.2) is 64.4 Å². The van der Waals surface area contributed by atoms with E-state index in [0.29, 0.717) is 6.07 Å². The minimum Gasteiger partial charge on any atom is -0.483 e. The summed E-state index contributed by atoms with van der Waals surface area (Å²) in [7, 11) is -3.79. The second-order valence-corrected chi connectivity index (χ2v) is 9.79. The van der Waals surface area contributed by atoms with Gasteiger partial charge in [-0.05, 0) is 36.4 Å². The van der Waals surface area contributed by atoms with Gasteiger partial charge in [0.1, 0.15) is 11.6 Å². The number of benzene rings is 2. The van der Waals surface area contributed by atoms with Crippen molar-refractivity contribution in [2.75, 3.05) is 43.9 Å². The lowest BCUT2D eigenvalue weighted by molar-refractivity contribution is -0.153. The van der Waals surface area contributed by atoms with Gasteiger partial charge >= 0.3 is 12.4 Å². The molecule has 0 bridgehead atoms. The van der Waals surface area contributed by atoms with Crippen LogP contribution in [0.15, 0.2) is 41.3 Å². The Morgan fingerprint density at radius 2 is 1.60 bits per heavy atom. The Bertz CT molecular complexity index is 1210. The summed E-state index contributed by atoms with van der Waals surface area (Å²) < 4.78 is 119. The Balaban J connectivity index is 1.79. The largest absolute Gasteiger partial charge is 0.483 e. The lowest BCUT2D eigenvalue weighted by Crippen LogP contribution is -2.49. The molecule has 1 saturated heterocycles. The standard InChI is InChI=1S/C21H19F7N2O4S/c1-35(32,33)14-3-5-18(34-12-20(23,24)25)15(11-14)19(31)30-8-6-29(7-9-30)17-4-2-13(10-16(17)22)21(26,27)28/h2-5,10-11H,6-9,12H2,1H3. The van der Waals surface area contributed by atoms with E-state index in [2.05, 4.69) is 0 Å². The van der Waals surface area contributed by atoms with Crippen LogP contribution < -0.4 is 9.64 Å². The third kappa shape index (κ3) is 6.55. The zero-order valence-corrected chi connectivity index (χ0v) is 18.9. The first-order valence-electron chi connectivity index (χ1n) is 10.0. The highest BCUT2D eigenvalue weighted by Gasteiger charge is 2.33. The molecule has 0 saturated carbocycles. The summed E-state index contributed by atoms with van der Waals surface area (Å²) in [4.78, 5) is 15.4. The topological polar surface area (TPSA) is 66.9 Å². The Hall–Kier alpha value is -3.03. The molecule has 0 aromatic heterocycles. The van der Waals surface area contributed by atoms with Gasteiger partial charge in [-0.25, -0.2) is 12.8 Å². The summed E-state index contributed by atoms with van der Waals surface area (Å²) in [6, 6.07) is 4.98. The molecular weight excluding hydrogens is 509 g/mol. The van der Waals surface area contributed by atoms with Crippen LogP contribution in [0.5, 0.6) is 5.75 Å². The molecule has 1 amide bonds. The van der Waals surface area contributed by atoms with E-state index >= 15 is 0 Å². The van der Waals surface area contributed by atoms with E-state index in [1.54, 1.807) is 0 Å². The number of alkyl halides is 6. The van der Waals surface area contributed by atoms with Crippen LogP contribution in [0, 0.1) is 5.82 Å². The molecule has 14 heteroatoms. The zero-order valence-electron chi connectivity index (χ0n) is 18.1. The summed E-state index contributed by atoms with van der Waals surface area (Å²) in [6.45, 7) is -1.79. The first-order valence-corrected chi connectivity index (χ1v) is 11.9. The van der Waals surface area contributed by atoms with E-state index in [9.17, 15) is 43.9 Å². The van der Waals surface area contributed by atoms with Crippen molar-refractivity contribution in [3.8, 4) is 5.75 Å². The number of carbonyl (C=O) groups is 1. The lowest BCUT2D eigenvalue weighted by atomic mass is 10.1. The fourth-order valence-electron chi connectivity index (χ4n) is 3.45. The average molecular weight is 528 g/mol. The molecule has 3 rings (SSSR count). The van der Waals surface area contributed by atoms with Gasteiger partial charge < -0.3 is 14.5 Å². The number of nitrogens with zero attached hydrogens (tertiary/aromatic N) is 2. The van der Waals surface area contributed by atoms with Gasteiger partial charge in [0, 0.05) is 32.4 Å². The van der Waals surface area contributed by atoms with Crippen molar-refractivity contribution in [3.05, 3.63) is 53.3 Å². The number of anilines is 1. The number of halogens is 7. The summed E-state index contributed by atoms with van der Waals surface area (Å²) in [5.41, 5.74) is -1.64. The monoisotopic (exact) mass is 528 g/mol. The summed E-state index contributed by atoms with van der Waals surface area (Å²) in [5.74, 6) is -2.36. The van der Waals surface area contributed by atoms with Crippen molar-refractivity contribution in [1.82, 2.24) is 4.90 Å². The van der Waals surface area contributed by atoms with Gasteiger partial charge in [0.25, 0.3) is 5.91 Å². The normalized spacial score (nSPS) is 15.3. The van der Waals surface area contributed by atoms with E-state index < -0.39 is 57.4 Å². The van der Waals surface area contributed by atoms with Crippen molar-refractivity contribution < 1.29 is 48.7 Å². The Morgan fingerprint density at radius 1 is 0.971 bits per heavy atom. The molecule has 0 unspecified atom stereocenters. The molecule has 35 heavy (non-hydrogen) atoms. The second-order valence-electron chi connectivity index (χ2n) is 7.78. The molecule has 1 aliphatic rings. The number of piperazine rings is 1. The summed E-state index contributed by atoms with van der Waals surface area (Å²) in [5, 5.41) is 0. The van der Waals surface area contributed by atoms with Crippen molar-refractivity contribution in [2.45, 2.75) is 17.2 Å². The van der Waals surface area contributed by atoms with E-state index in [0.717, 1.165) is 36.6 Å². The molecule has 6 nitrogen and oxygen atoms in total. The van der Waals surface area contributed by atoms with E-state index in [-0.39, 0.29) is 36.8 Å². The fraction of sp³-hybridized carbons (Fsp3) is 0.381. The van der Waals surface area contributed by atoms with Gasteiger partial charge in [-0.1, -0.05) is 0 Å². The van der Waals surface area contributed by atoms with Gasteiger partial charge in [-0.2, -0.15) is 26.3 Å². The number of sulfone groups is 1. The first-order chi connectivity index (χ1) is 16.1. The number of carbonyl (C=O) groups excluding carboxylic acids is 1. The molecule has 0 atom stereocenters. The number of hydrogen-bond donors (Lipinski definition) is 0.